The summed E-state index contributed by atoms with van der Waals surface area (Å²) >= 11 is 0. The molecule has 1 aliphatic heterocycles. The number of nitrogens with one attached hydrogen (secondary N) is 3. The number of likely N-dealkylation sites (tertiary alicyclic amines) is 1. The van der Waals surface area contributed by atoms with Crippen LogP contribution in [0.1, 0.15) is 27.9 Å². The minimum Gasteiger partial charge on any atom is -0.369 e. The number of aromatic nitrogens is 3. The van der Waals surface area contributed by atoms with Crippen LogP contribution in [-0.4, -0.2) is 72.1 Å². The predicted molar refractivity (Wildman–Crippen MR) is 156 cm³/mol. The third-order valence-corrected chi connectivity index (χ3v) is 7.56. The lowest BCUT2D eigenvalue weighted by atomic mass is 10.1. The summed E-state index contributed by atoms with van der Waals surface area (Å²) < 4.78 is 40.8. The molecule has 3 heterocycles. The fourth-order valence-corrected chi connectivity index (χ4v) is 5.06. The number of urea groups is 1. The van der Waals surface area contributed by atoms with Crippen molar-refractivity contribution in [2.75, 3.05) is 54.7 Å². The fourth-order valence-electron chi connectivity index (χ4n) is 5.06. The van der Waals surface area contributed by atoms with Crippen LogP contribution in [0.15, 0.2) is 55.0 Å². The number of hydrogen-bond donors (Lipinski definition) is 3. The summed E-state index contributed by atoms with van der Waals surface area (Å²) in [6.07, 6.45) is -0.687. The quantitative estimate of drug-likeness (QED) is 0.284. The van der Waals surface area contributed by atoms with Crippen molar-refractivity contribution in [3.63, 3.8) is 0 Å². The average Bonchev–Trinajstić information content (AvgIpc) is 3.62. The normalized spacial score (nSPS) is 15.5. The summed E-state index contributed by atoms with van der Waals surface area (Å²) in [6.45, 7) is 3.40. The van der Waals surface area contributed by atoms with Gasteiger partial charge in [0, 0.05) is 44.1 Å². The van der Waals surface area contributed by atoms with Crippen LogP contribution in [0.3, 0.4) is 0 Å². The first kappa shape index (κ1) is 28.9. The third-order valence-electron chi connectivity index (χ3n) is 7.56. The highest BCUT2D eigenvalue weighted by molar-refractivity contribution is 6.09. The number of anilines is 4. The van der Waals surface area contributed by atoms with E-state index in [4.69, 9.17) is 0 Å². The third kappa shape index (κ3) is 5.86. The van der Waals surface area contributed by atoms with Gasteiger partial charge in [-0.1, -0.05) is 6.07 Å². The van der Waals surface area contributed by atoms with Crippen LogP contribution in [-0.2, 0) is 6.18 Å². The molecule has 42 heavy (non-hydrogen) atoms. The molecular formula is C29H31F3N8O2. The van der Waals surface area contributed by atoms with Crippen molar-refractivity contribution in [1.29, 1.82) is 0 Å². The number of carbonyl (C=O) groups is 2. The molecule has 220 valence electrons. The number of aromatic amines is 1. The van der Waals surface area contributed by atoms with E-state index in [1.165, 1.54) is 23.4 Å². The smallest absolute Gasteiger partial charge is 0.369 e. The van der Waals surface area contributed by atoms with Crippen LogP contribution in [0.5, 0.6) is 0 Å². The molecule has 0 saturated carbocycles. The summed E-state index contributed by atoms with van der Waals surface area (Å²) in [4.78, 5) is 43.2. The van der Waals surface area contributed by atoms with Crippen LogP contribution in [0.2, 0.25) is 0 Å². The molecule has 0 aliphatic carbocycles. The van der Waals surface area contributed by atoms with Gasteiger partial charge < -0.3 is 25.4 Å². The van der Waals surface area contributed by atoms with E-state index in [9.17, 15) is 22.8 Å². The molecule has 1 unspecified atom stereocenters. The molecule has 0 radical (unpaired) electrons. The Morgan fingerprint density at radius 3 is 2.55 bits per heavy atom. The Morgan fingerprint density at radius 2 is 1.83 bits per heavy atom. The van der Waals surface area contributed by atoms with Gasteiger partial charge in [0.1, 0.15) is 17.8 Å². The van der Waals surface area contributed by atoms with Gasteiger partial charge in [-0.15, -0.1) is 0 Å². The van der Waals surface area contributed by atoms with Crippen molar-refractivity contribution in [1.82, 2.24) is 19.9 Å². The topological polar surface area (TPSA) is 109 Å². The second kappa shape index (κ2) is 11.3. The number of benzene rings is 2. The first-order chi connectivity index (χ1) is 19.9. The lowest BCUT2D eigenvalue weighted by molar-refractivity contribution is -0.137. The van der Waals surface area contributed by atoms with Gasteiger partial charge in [0.25, 0.3) is 5.91 Å². The maximum absolute atomic E-state index is 13.6. The Hall–Kier alpha value is -4.65. The molecule has 1 saturated heterocycles. The Bertz CT molecular complexity index is 1640. The molecule has 0 spiro atoms. The lowest BCUT2D eigenvalue weighted by Crippen LogP contribution is -2.34. The van der Waals surface area contributed by atoms with Crippen molar-refractivity contribution in [3.8, 4) is 0 Å². The second-order valence-electron chi connectivity index (χ2n) is 10.5. The van der Waals surface area contributed by atoms with E-state index in [-0.39, 0.29) is 17.3 Å². The van der Waals surface area contributed by atoms with Crippen LogP contribution in [0, 0.1) is 6.92 Å². The van der Waals surface area contributed by atoms with E-state index in [2.05, 4.69) is 30.5 Å². The molecular weight excluding hydrogens is 549 g/mol. The van der Waals surface area contributed by atoms with Crippen molar-refractivity contribution < 1.29 is 22.8 Å². The summed E-state index contributed by atoms with van der Waals surface area (Å²) in [6, 6.07) is 9.42. The number of hydrogen-bond acceptors (Lipinski definition) is 6. The second-order valence-corrected chi connectivity index (χ2v) is 10.5. The average molecular weight is 581 g/mol. The standard InChI is InChI=1S/C29H31F3N8O2/c1-17-5-6-18(13-22(17)37-28(42)40(4)26-21-9-11-33-25(21)34-16-35-26)27(41)36-23-14-19(29(30,31)32)7-8-24(23)39(3)20-10-12-38(2)15-20/h5-9,11,13-14,16,20H,10,12,15H2,1-4H3,(H,36,41)(H,37,42)(H,33,34,35). The minimum atomic E-state index is -4.58. The Kier molecular flexibility index (Phi) is 7.78. The van der Waals surface area contributed by atoms with Crippen molar-refractivity contribution in [2.24, 2.45) is 0 Å². The highest BCUT2D eigenvalue weighted by Crippen LogP contribution is 2.37. The zero-order valence-corrected chi connectivity index (χ0v) is 23.6. The van der Waals surface area contributed by atoms with Crippen molar-refractivity contribution in [3.05, 3.63) is 71.7 Å². The summed E-state index contributed by atoms with van der Waals surface area (Å²) in [7, 11) is 5.37. The minimum absolute atomic E-state index is 0.0528. The SMILES string of the molecule is Cc1ccc(C(=O)Nc2cc(C(F)(F)F)ccc2N(C)C2CCN(C)C2)cc1NC(=O)N(C)c1ncnc2[nH]ccc12. The number of amides is 3. The first-order valence-electron chi connectivity index (χ1n) is 13.3. The number of nitrogens with zero attached hydrogens (tertiary/aromatic N) is 5. The van der Waals surface area contributed by atoms with Gasteiger partial charge in [0.15, 0.2) is 0 Å². The fraction of sp³-hybridized carbons (Fsp3) is 0.310. The van der Waals surface area contributed by atoms with Crippen LogP contribution < -0.4 is 20.4 Å². The van der Waals surface area contributed by atoms with Gasteiger partial charge in [-0.05, 0) is 68.9 Å². The van der Waals surface area contributed by atoms with Gasteiger partial charge >= 0.3 is 12.2 Å². The lowest BCUT2D eigenvalue weighted by Gasteiger charge is -2.29. The zero-order valence-electron chi connectivity index (χ0n) is 23.6. The van der Waals surface area contributed by atoms with E-state index in [0.29, 0.717) is 33.8 Å². The van der Waals surface area contributed by atoms with Gasteiger partial charge in [0.05, 0.1) is 22.3 Å². The van der Waals surface area contributed by atoms with Crippen LogP contribution in [0.4, 0.5) is 40.8 Å². The van der Waals surface area contributed by atoms with Gasteiger partial charge in [-0.2, -0.15) is 13.2 Å². The highest BCUT2D eigenvalue weighted by Gasteiger charge is 2.33. The Morgan fingerprint density at radius 1 is 1.05 bits per heavy atom. The molecule has 3 N–H and O–H groups in total. The van der Waals surface area contributed by atoms with Crippen molar-refractivity contribution in [2.45, 2.75) is 25.6 Å². The van der Waals surface area contributed by atoms with E-state index in [0.717, 1.165) is 31.6 Å². The number of likely N-dealkylation sites (N-methyl/N-ethyl adjacent to an activating group) is 2. The molecule has 1 atom stereocenters. The molecule has 3 amide bonds. The first-order valence-corrected chi connectivity index (χ1v) is 13.3. The summed E-state index contributed by atoms with van der Waals surface area (Å²) in [5.74, 6) is -0.221. The predicted octanol–water partition coefficient (Wildman–Crippen LogP) is 5.35. The van der Waals surface area contributed by atoms with E-state index < -0.39 is 23.7 Å². The Balaban J connectivity index is 1.39. The molecule has 4 aromatic rings. The molecule has 10 nitrogen and oxygen atoms in total. The molecule has 1 aliphatic rings. The summed E-state index contributed by atoms with van der Waals surface area (Å²) in [5.41, 5.74) is 1.48. The monoisotopic (exact) mass is 580 g/mol. The number of rotatable bonds is 6. The number of halogens is 3. The molecule has 2 aromatic carbocycles. The Labute approximate surface area is 240 Å². The number of aryl methyl sites for hydroxylation is 1. The van der Waals surface area contributed by atoms with E-state index in [1.807, 2.05) is 19.0 Å². The molecule has 2 aromatic heterocycles. The van der Waals surface area contributed by atoms with Gasteiger partial charge in [0.2, 0.25) is 0 Å². The van der Waals surface area contributed by atoms with E-state index in [1.54, 1.807) is 38.4 Å². The van der Waals surface area contributed by atoms with Gasteiger partial charge in [-0.25, -0.2) is 14.8 Å². The number of alkyl halides is 3. The van der Waals surface area contributed by atoms with E-state index >= 15 is 0 Å². The zero-order chi connectivity index (χ0) is 30.2. The molecule has 13 heteroatoms. The number of carbonyl (C=O) groups excluding carboxylic acids is 2. The van der Waals surface area contributed by atoms with Gasteiger partial charge in [-0.3, -0.25) is 9.69 Å². The number of fused-ring (bicyclic) bond motifs is 1. The largest absolute Gasteiger partial charge is 0.416 e. The molecule has 5 rings (SSSR count). The van der Waals surface area contributed by atoms with Crippen molar-refractivity contribution >= 4 is 45.9 Å². The number of H-pyrrole nitrogens is 1. The molecule has 0 bridgehead atoms. The maximum atomic E-state index is 13.6. The summed E-state index contributed by atoms with van der Waals surface area (Å²) in [5, 5.41) is 6.14. The maximum Gasteiger partial charge on any atom is 0.416 e. The van der Waals surface area contributed by atoms with Crippen LogP contribution in [0.25, 0.3) is 11.0 Å². The van der Waals surface area contributed by atoms with Crippen LogP contribution >= 0.6 is 0 Å². The highest BCUT2D eigenvalue weighted by atomic mass is 19.4. The molecule has 1 fully saturated rings.